The number of carbonyl (C=O) groups excluding carboxylic acids is 1. The number of ether oxygens (including phenoxy) is 2. The fourth-order valence-electron chi connectivity index (χ4n) is 4.35. The average Bonchev–Trinajstić information content (AvgIpc) is 2.73. The summed E-state index contributed by atoms with van der Waals surface area (Å²) in [6, 6.07) is 10.9. The number of benzene rings is 2. The summed E-state index contributed by atoms with van der Waals surface area (Å²) in [6.45, 7) is 1.26. The highest BCUT2D eigenvalue weighted by molar-refractivity contribution is 5.96. The Morgan fingerprint density at radius 1 is 1.14 bits per heavy atom. The number of likely N-dealkylation sites (tertiary alicyclic amines) is 1. The molecule has 4 nitrogen and oxygen atoms in total. The predicted molar refractivity (Wildman–Crippen MR) is 101 cm³/mol. The Bertz CT molecular complexity index is 918. The molecule has 0 aromatic heterocycles. The maximum absolute atomic E-state index is 13.3. The van der Waals surface area contributed by atoms with Gasteiger partial charge in [-0.2, -0.15) is 13.2 Å². The topological polar surface area (TPSA) is 38.8 Å². The molecule has 0 saturated carbocycles. The number of halogens is 3. The second-order valence-corrected chi connectivity index (χ2v) is 7.45. The lowest BCUT2D eigenvalue weighted by molar-refractivity contribution is -0.138. The molecule has 0 atom stereocenters. The van der Waals surface area contributed by atoms with Crippen LogP contribution in [0, 0.1) is 0 Å². The monoisotopic (exact) mass is 405 g/mol. The molecular formula is C22H22F3NO3. The maximum Gasteiger partial charge on any atom is 0.417 e. The summed E-state index contributed by atoms with van der Waals surface area (Å²) >= 11 is 0. The minimum atomic E-state index is -4.56. The number of hydrogen-bond donors (Lipinski definition) is 0. The van der Waals surface area contributed by atoms with Gasteiger partial charge in [-0.05, 0) is 54.7 Å². The van der Waals surface area contributed by atoms with E-state index in [1.165, 1.54) is 23.1 Å². The van der Waals surface area contributed by atoms with Gasteiger partial charge in [0.05, 0.1) is 30.4 Å². The third kappa shape index (κ3) is 3.59. The molecule has 2 heterocycles. The van der Waals surface area contributed by atoms with Crippen molar-refractivity contribution >= 4 is 5.91 Å². The lowest BCUT2D eigenvalue weighted by Gasteiger charge is -2.45. The average molecular weight is 405 g/mol. The SMILES string of the molecule is COc1ccc2c(c1)CCOC21CCN(C(=O)c2ccccc2C(F)(F)F)CC1. The molecule has 4 rings (SSSR count). The zero-order valence-corrected chi connectivity index (χ0v) is 16.1. The van der Waals surface area contributed by atoms with Crippen LogP contribution in [-0.4, -0.2) is 37.6 Å². The molecular weight excluding hydrogens is 383 g/mol. The van der Waals surface area contributed by atoms with Crippen LogP contribution in [0.5, 0.6) is 5.75 Å². The highest BCUT2D eigenvalue weighted by atomic mass is 19.4. The van der Waals surface area contributed by atoms with E-state index in [-0.39, 0.29) is 5.56 Å². The molecule has 0 unspecified atom stereocenters. The van der Waals surface area contributed by atoms with Crippen molar-refractivity contribution in [3.63, 3.8) is 0 Å². The summed E-state index contributed by atoms with van der Waals surface area (Å²) < 4.78 is 51.3. The standard InChI is InChI=1S/C22H22F3NO3/c1-28-16-6-7-18-15(14-16)8-13-29-21(18)9-11-26(12-10-21)20(27)17-4-2-3-5-19(17)22(23,24)25/h2-7,14H,8-13H2,1H3. The zero-order valence-electron chi connectivity index (χ0n) is 16.1. The van der Waals surface area contributed by atoms with E-state index in [0.717, 1.165) is 29.4 Å². The van der Waals surface area contributed by atoms with Crippen LogP contribution in [0.25, 0.3) is 0 Å². The summed E-state index contributed by atoms with van der Waals surface area (Å²) in [7, 11) is 1.62. The van der Waals surface area contributed by atoms with Crippen molar-refractivity contribution in [2.24, 2.45) is 0 Å². The fourth-order valence-corrected chi connectivity index (χ4v) is 4.35. The van der Waals surface area contributed by atoms with E-state index in [0.29, 0.717) is 32.5 Å². The summed E-state index contributed by atoms with van der Waals surface area (Å²) in [4.78, 5) is 14.3. The molecule has 0 bridgehead atoms. The highest BCUT2D eigenvalue weighted by Gasteiger charge is 2.43. The second kappa shape index (κ2) is 7.37. The third-order valence-corrected chi connectivity index (χ3v) is 5.87. The van der Waals surface area contributed by atoms with E-state index in [4.69, 9.17) is 9.47 Å². The molecule has 0 aliphatic carbocycles. The van der Waals surface area contributed by atoms with Crippen molar-refractivity contribution < 1.29 is 27.4 Å². The number of rotatable bonds is 2. The van der Waals surface area contributed by atoms with Crippen LogP contribution in [0.4, 0.5) is 13.2 Å². The summed E-state index contributed by atoms with van der Waals surface area (Å²) in [5.41, 5.74) is 0.563. The Balaban J connectivity index is 1.55. The first kappa shape index (κ1) is 19.8. The van der Waals surface area contributed by atoms with Gasteiger partial charge in [-0.1, -0.05) is 18.2 Å². The molecule has 2 aromatic carbocycles. The highest BCUT2D eigenvalue weighted by Crippen LogP contribution is 2.43. The number of piperidine rings is 1. The Kier molecular flexibility index (Phi) is 5.02. The Morgan fingerprint density at radius 3 is 2.55 bits per heavy atom. The lowest BCUT2D eigenvalue weighted by Crippen LogP contribution is -2.48. The van der Waals surface area contributed by atoms with Gasteiger partial charge in [-0.25, -0.2) is 0 Å². The van der Waals surface area contributed by atoms with Gasteiger partial charge < -0.3 is 14.4 Å². The number of amides is 1. The van der Waals surface area contributed by atoms with E-state index in [2.05, 4.69) is 0 Å². The zero-order chi connectivity index (χ0) is 20.6. The molecule has 2 aliphatic rings. The first-order valence-corrected chi connectivity index (χ1v) is 9.61. The van der Waals surface area contributed by atoms with Crippen LogP contribution in [0.1, 0.15) is 39.9 Å². The Morgan fingerprint density at radius 2 is 1.86 bits per heavy atom. The minimum Gasteiger partial charge on any atom is -0.497 e. The Labute approximate surface area is 167 Å². The minimum absolute atomic E-state index is 0.300. The van der Waals surface area contributed by atoms with Crippen LogP contribution >= 0.6 is 0 Å². The van der Waals surface area contributed by atoms with E-state index in [9.17, 15) is 18.0 Å². The number of fused-ring (bicyclic) bond motifs is 2. The van der Waals surface area contributed by atoms with Gasteiger partial charge in [-0.3, -0.25) is 4.79 Å². The van der Waals surface area contributed by atoms with Crippen molar-refractivity contribution in [2.45, 2.75) is 31.0 Å². The van der Waals surface area contributed by atoms with Gasteiger partial charge in [0.15, 0.2) is 0 Å². The quantitative estimate of drug-likeness (QED) is 0.743. The van der Waals surface area contributed by atoms with Crippen molar-refractivity contribution in [3.8, 4) is 5.75 Å². The normalized spacial score (nSPS) is 18.4. The number of hydrogen-bond acceptors (Lipinski definition) is 3. The summed E-state index contributed by atoms with van der Waals surface area (Å²) in [6.07, 6.45) is -2.68. The summed E-state index contributed by atoms with van der Waals surface area (Å²) in [5.74, 6) is 0.204. The van der Waals surface area contributed by atoms with E-state index in [1.807, 2.05) is 18.2 Å². The number of carbonyl (C=O) groups is 1. The molecule has 154 valence electrons. The molecule has 1 amide bonds. The fraction of sp³-hybridized carbons (Fsp3) is 0.409. The van der Waals surface area contributed by atoms with Crippen LogP contribution < -0.4 is 4.74 Å². The van der Waals surface area contributed by atoms with Crippen molar-refractivity contribution in [2.75, 3.05) is 26.8 Å². The first-order chi connectivity index (χ1) is 13.8. The van der Waals surface area contributed by atoms with Gasteiger partial charge >= 0.3 is 6.18 Å². The first-order valence-electron chi connectivity index (χ1n) is 9.61. The van der Waals surface area contributed by atoms with Crippen molar-refractivity contribution in [1.82, 2.24) is 4.90 Å². The number of nitrogens with zero attached hydrogens (tertiary/aromatic N) is 1. The van der Waals surface area contributed by atoms with E-state index < -0.39 is 23.2 Å². The van der Waals surface area contributed by atoms with Crippen molar-refractivity contribution in [1.29, 1.82) is 0 Å². The molecule has 2 aromatic rings. The van der Waals surface area contributed by atoms with Crippen LogP contribution in [0.3, 0.4) is 0 Å². The Hall–Kier alpha value is -2.54. The molecule has 1 fully saturated rings. The molecule has 1 spiro atoms. The molecule has 0 N–H and O–H groups in total. The van der Waals surface area contributed by atoms with E-state index in [1.54, 1.807) is 7.11 Å². The molecule has 7 heteroatoms. The second-order valence-electron chi connectivity index (χ2n) is 7.45. The van der Waals surface area contributed by atoms with Gasteiger partial charge in [-0.15, -0.1) is 0 Å². The maximum atomic E-state index is 13.3. The van der Waals surface area contributed by atoms with E-state index >= 15 is 0 Å². The lowest BCUT2D eigenvalue weighted by atomic mass is 9.79. The van der Waals surface area contributed by atoms with Crippen molar-refractivity contribution in [3.05, 3.63) is 64.7 Å². The summed E-state index contributed by atoms with van der Waals surface area (Å²) in [5, 5.41) is 0. The largest absolute Gasteiger partial charge is 0.497 e. The van der Waals surface area contributed by atoms with Gasteiger partial charge in [0.25, 0.3) is 5.91 Å². The third-order valence-electron chi connectivity index (χ3n) is 5.87. The van der Waals surface area contributed by atoms with Gasteiger partial charge in [0.1, 0.15) is 5.75 Å². The number of methoxy groups -OCH3 is 1. The number of alkyl halides is 3. The van der Waals surface area contributed by atoms with Gasteiger partial charge in [0.2, 0.25) is 0 Å². The smallest absolute Gasteiger partial charge is 0.417 e. The van der Waals surface area contributed by atoms with Crippen LogP contribution in [-0.2, 0) is 22.9 Å². The molecule has 0 radical (unpaired) electrons. The molecule has 29 heavy (non-hydrogen) atoms. The van der Waals surface area contributed by atoms with Crippen LogP contribution in [0.2, 0.25) is 0 Å². The predicted octanol–water partition coefficient (Wildman–Crippen LogP) is 4.42. The van der Waals surface area contributed by atoms with Gasteiger partial charge in [0, 0.05) is 13.1 Å². The molecule has 2 aliphatic heterocycles. The van der Waals surface area contributed by atoms with Crippen LogP contribution in [0.15, 0.2) is 42.5 Å². The molecule has 1 saturated heterocycles.